The van der Waals surface area contributed by atoms with E-state index in [0.29, 0.717) is 0 Å². The fourth-order valence-corrected chi connectivity index (χ4v) is 2.52. The highest BCUT2D eigenvalue weighted by Crippen LogP contribution is 2.39. The third-order valence-corrected chi connectivity index (χ3v) is 3.37. The third-order valence-electron chi connectivity index (χ3n) is 3.37. The third kappa shape index (κ3) is 1.27. The van der Waals surface area contributed by atoms with Crippen LogP contribution in [0.2, 0.25) is 0 Å². The minimum Gasteiger partial charge on any atom is -0.288 e. The summed E-state index contributed by atoms with van der Waals surface area (Å²) in [5.74, 6) is 0.118. The van der Waals surface area contributed by atoms with E-state index >= 15 is 0 Å². The van der Waals surface area contributed by atoms with Crippen molar-refractivity contribution in [2.75, 3.05) is 0 Å². The standard InChI is InChI=1S/C15H13NO/c1-8-4-5-11-12(6-8)15(17)14-10(3)16-7-9(2)13(11)14/h4-7H,1-3H3. The van der Waals surface area contributed by atoms with Crippen LogP contribution in [0.5, 0.6) is 0 Å². The van der Waals surface area contributed by atoms with Crippen molar-refractivity contribution in [3.8, 4) is 11.1 Å². The number of pyridine rings is 1. The van der Waals surface area contributed by atoms with Crippen molar-refractivity contribution in [1.29, 1.82) is 0 Å². The van der Waals surface area contributed by atoms with Crippen LogP contribution in [-0.4, -0.2) is 10.8 Å². The van der Waals surface area contributed by atoms with Gasteiger partial charge in [-0.25, -0.2) is 0 Å². The van der Waals surface area contributed by atoms with Crippen LogP contribution in [0.25, 0.3) is 11.1 Å². The van der Waals surface area contributed by atoms with Crippen molar-refractivity contribution < 1.29 is 4.79 Å². The van der Waals surface area contributed by atoms with Gasteiger partial charge in [-0.05, 0) is 43.5 Å². The summed E-state index contributed by atoms with van der Waals surface area (Å²) in [5.41, 5.74) is 6.74. The summed E-state index contributed by atoms with van der Waals surface area (Å²) in [4.78, 5) is 16.7. The van der Waals surface area contributed by atoms with Gasteiger partial charge in [-0.3, -0.25) is 9.78 Å². The summed E-state index contributed by atoms with van der Waals surface area (Å²) in [7, 11) is 0. The Morgan fingerprint density at radius 1 is 1.00 bits per heavy atom. The van der Waals surface area contributed by atoms with Gasteiger partial charge in [-0.1, -0.05) is 17.7 Å². The lowest BCUT2D eigenvalue weighted by molar-refractivity contribution is 0.104. The first-order chi connectivity index (χ1) is 8.09. The maximum absolute atomic E-state index is 12.4. The van der Waals surface area contributed by atoms with Crippen LogP contribution in [0.3, 0.4) is 0 Å². The molecule has 0 radical (unpaired) electrons. The Balaban J connectivity index is 2.43. The molecule has 0 saturated carbocycles. The molecule has 2 nitrogen and oxygen atoms in total. The zero-order chi connectivity index (χ0) is 12.2. The Kier molecular flexibility index (Phi) is 1.96. The number of hydrogen-bond acceptors (Lipinski definition) is 2. The van der Waals surface area contributed by atoms with Crippen molar-refractivity contribution in [2.24, 2.45) is 0 Å². The van der Waals surface area contributed by atoms with Crippen molar-refractivity contribution in [3.05, 3.63) is 52.3 Å². The largest absolute Gasteiger partial charge is 0.288 e. The van der Waals surface area contributed by atoms with E-state index < -0.39 is 0 Å². The molecule has 0 bridgehead atoms. The first kappa shape index (κ1) is 10.2. The molecule has 3 rings (SSSR count). The number of carbonyl (C=O) groups is 1. The number of aryl methyl sites for hydroxylation is 3. The van der Waals surface area contributed by atoms with Crippen LogP contribution in [0.1, 0.15) is 32.7 Å². The van der Waals surface area contributed by atoms with Crippen molar-refractivity contribution in [3.63, 3.8) is 0 Å². The molecule has 0 saturated heterocycles. The molecule has 1 aromatic heterocycles. The second-order valence-corrected chi connectivity index (χ2v) is 4.65. The zero-order valence-electron chi connectivity index (χ0n) is 10.2. The molecule has 0 aliphatic heterocycles. The molecule has 2 heteroatoms. The van der Waals surface area contributed by atoms with Crippen LogP contribution in [-0.2, 0) is 0 Å². The van der Waals surface area contributed by atoms with Crippen molar-refractivity contribution in [2.45, 2.75) is 20.8 Å². The Labute approximate surface area is 100 Å². The van der Waals surface area contributed by atoms with E-state index in [1.807, 2.05) is 39.1 Å². The van der Waals surface area contributed by atoms with E-state index in [9.17, 15) is 4.79 Å². The summed E-state index contributed by atoms with van der Waals surface area (Å²) < 4.78 is 0. The monoisotopic (exact) mass is 223 g/mol. The topological polar surface area (TPSA) is 30.0 Å². The molecular weight excluding hydrogens is 210 g/mol. The van der Waals surface area contributed by atoms with Gasteiger partial charge in [-0.2, -0.15) is 0 Å². The van der Waals surface area contributed by atoms with Crippen LogP contribution < -0.4 is 0 Å². The summed E-state index contributed by atoms with van der Waals surface area (Å²) in [5, 5.41) is 0. The predicted molar refractivity (Wildman–Crippen MR) is 67.3 cm³/mol. The summed E-state index contributed by atoms with van der Waals surface area (Å²) >= 11 is 0. The van der Waals surface area contributed by atoms with E-state index in [0.717, 1.165) is 39.1 Å². The van der Waals surface area contributed by atoms with Crippen LogP contribution in [0, 0.1) is 20.8 Å². The summed E-state index contributed by atoms with van der Waals surface area (Å²) in [6, 6.07) is 6.06. The highest BCUT2D eigenvalue weighted by atomic mass is 16.1. The Morgan fingerprint density at radius 2 is 1.76 bits per heavy atom. The number of ketones is 1. The second-order valence-electron chi connectivity index (χ2n) is 4.65. The lowest BCUT2D eigenvalue weighted by Gasteiger charge is -2.05. The molecule has 1 heterocycles. The number of benzene rings is 1. The molecule has 0 unspecified atom stereocenters. The van der Waals surface area contributed by atoms with Crippen molar-refractivity contribution in [1.82, 2.24) is 4.98 Å². The van der Waals surface area contributed by atoms with E-state index in [1.54, 1.807) is 0 Å². The molecular formula is C15H13NO. The maximum Gasteiger partial charge on any atom is 0.196 e. The normalized spacial score (nSPS) is 12.5. The van der Waals surface area contributed by atoms with Gasteiger partial charge in [0, 0.05) is 17.5 Å². The van der Waals surface area contributed by atoms with Gasteiger partial charge in [0.2, 0.25) is 0 Å². The molecule has 0 spiro atoms. The van der Waals surface area contributed by atoms with Crippen molar-refractivity contribution >= 4 is 5.78 Å². The first-order valence-electron chi connectivity index (χ1n) is 5.71. The van der Waals surface area contributed by atoms with Gasteiger partial charge in [0.05, 0.1) is 5.56 Å². The number of fused-ring (bicyclic) bond motifs is 3. The summed E-state index contributed by atoms with van der Waals surface area (Å²) in [6.07, 6.45) is 1.84. The molecule has 17 heavy (non-hydrogen) atoms. The quantitative estimate of drug-likeness (QED) is 0.585. The fourth-order valence-electron chi connectivity index (χ4n) is 2.52. The van der Waals surface area contributed by atoms with E-state index in [2.05, 4.69) is 11.1 Å². The van der Waals surface area contributed by atoms with Gasteiger partial charge in [0.1, 0.15) is 0 Å². The molecule has 0 atom stereocenters. The summed E-state index contributed by atoms with van der Waals surface area (Å²) in [6.45, 7) is 5.91. The molecule has 0 fully saturated rings. The van der Waals surface area contributed by atoms with E-state index in [4.69, 9.17) is 0 Å². The molecule has 1 aliphatic carbocycles. The highest BCUT2D eigenvalue weighted by molar-refractivity contribution is 6.22. The van der Waals surface area contributed by atoms with Crippen LogP contribution >= 0.6 is 0 Å². The van der Waals surface area contributed by atoms with E-state index in [1.165, 1.54) is 0 Å². The molecule has 1 aromatic carbocycles. The molecule has 84 valence electrons. The van der Waals surface area contributed by atoms with E-state index in [-0.39, 0.29) is 5.78 Å². The zero-order valence-corrected chi connectivity index (χ0v) is 10.2. The Bertz CT molecular complexity index is 656. The number of aromatic nitrogens is 1. The number of carbonyl (C=O) groups excluding carboxylic acids is 1. The van der Waals surface area contributed by atoms with Crippen LogP contribution in [0.15, 0.2) is 24.4 Å². The SMILES string of the molecule is Cc1ccc2c(c1)C(=O)c1c(C)ncc(C)c1-2. The highest BCUT2D eigenvalue weighted by Gasteiger charge is 2.29. The Morgan fingerprint density at radius 3 is 2.53 bits per heavy atom. The molecule has 2 aromatic rings. The minimum atomic E-state index is 0.118. The first-order valence-corrected chi connectivity index (χ1v) is 5.71. The number of hydrogen-bond donors (Lipinski definition) is 0. The Hall–Kier alpha value is -1.96. The van der Waals surface area contributed by atoms with Gasteiger partial charge >= 0.3 is 0 Å². The average Bonchev–Trinajstić information content (AvgIpc) is 2.59. The minimum absolute atomic E-state index is 0.118. The number of nitrogens with zero attached hydrogens (tertiary/aromatic N) is 1. The second kappa shape index (κ2) is 3.27. The number of rotatable bonds is 0. The maximum atomic E-state index is 12.4. The molecule has 1 aliphatic rings. The average molecular weight is 223 g/mol. The lowest BCUT2D eigenvalue weighted by atomic mass is 10.0. The van der Waals surface area contributed by atoms with Gasteiger partial charge < -0.3 is 0 Å². The molecule has 0 N–H and O–H groups in total. The van der Waals surface area contributed by atoms with Crippen LogP contribution in [0.4, 0.5) is 0 Å². The lowest BCUT2D eigenvalue weighted by Crippen LogP contribution is -2.00. The van der Waals surface area contributed by atoms with Gasteiger partial charge in [-0.15, -0.1) is 0 Å². The predicted octanol–water partition coefficient (Wildman–Crippen LogP) is 3.22. The van der Waals surface area contributed by atoms with Gasteiger partial charge in [0.25, 0.3) is 0 Å². The van der Waals surface area contributed by atoms with Gasteiger partial charge in [0.15, 0.2) is 5.78 Å². The fraction of sp³-hybridized carbons (Fsp3) is 0.200. The smallest absolute Gasteiger partial charge is 0.196 e. The molecule has 0 amide bonds.